The number of benzene rings is 2. The third kappa shape index (κ3) is 5.01. The number of nitrogens with one attached hydrogen (secondary N) is 1. The molecule has 0 spiro atoms. The number of hydrogen-bond donors (Lipinski definition) is 1. The van der Waals surface area contributed by atoms with Crippen molar-refractivity contribution in [3.8, 4) is 0 Å². The van der Waals surface area contributed by atoms with E-state index in [1.165, 1.54) is 6.07 Å². The average Bonchev–Trinajstić information content (AvgIpc) is 2.66. The van der Waals surface area contributed by atoms with Crippen LogP contribution in [0, 0.1) is 17.5 Å². The lowest BCUT2D eigenvalue weighted by Gasteiger charge is -2.36. The summed E-state index contributed by atoms with van der Waals surface area (Å²) >= 11 is 0. The van der Waals surface area contributed by atoms with Gasteiger partial charge in [0.05, 0.1) is 11.3 Å². The Balaban J connectivity index is 1.38. The van der Waals surface area contributed by atoms with E-state index in [2.05, 4.69) is 10.2 Å². The molecule has 0 radical (unpaired) electrons. The maximum Gasteiger partial charge on any atom is 0.254 e. The van der Waals surface area contributed by atoms with Crippen molar-refractivity contribution in [3.63, 3.8) is 0 Å². The maximum atomic E-state index is 13.8. The van der Waals surface area contributed by atoms with Gasteiger partial charge >= 0.3 is 0 Å². The zero-order valence-corrected chi connectivity index (χ0v) is 14.9. The smallest absolute Gasteiger partial charge is 0.254 e. The number of carbonyl (C=O) groups is 1. The molecular formula is C20H22F3N3O. The summed E-state index contributed by atoms with van der Waals surface area (Å²) in [6, 6.07) is 9.67. The molecule has 2 aromatic carbocycles. The first-order valence-electron chi connectivity index (χ1n) is 8.99. The molecule has 0 aliphatic carbocycles. The van der Waals surface area contributed by atoms with Crippen LogP contribution in [0.4, 0.5) is 18.9 Å². The first kappa shape index (κ1) is 19.2. The monoisotopic (exact) mass is 377 g/mol. The van der Waals surface area contributed by atoms with Crippen molar-refractivity contribution in [1.82, 2.24) is 10.2 Å². The number of hydrogen-bond acceptors (Lipinski definition) is 3. The van der Waals surface area contributed by atoms with Crippen LogP contribution in [0.5, 0.6) is 0 Å². The molecule has 0 saturated carbocycles. The van der Waals surface area contributed by atoms with Gasteiger partial charge in [0.1, 0.15) is 17.5 Å². The van der Waals surface area contributed by atoms with E-state index in [0.29, 0.717) is 24.7 Å². The van der Waals surface area contributed by atoms with Gasteiger partial charge in [0.25, 0.3) is 5.91 Å². The SMILES string of the molecule is O=C(NCCCN1CCN(c2ccccc2F)CC1)c1ccc(F)cc1F. The van der Waals surface area contributed by atoms with Crippen LogP contribution in [0.15, 0.2) is 42.5 Å². The summed E-state index contributed by atoms with van der Waals surface area (Å²) in [4.78, 5) is 16.2. The van der Waals surface area contributed by atoms with E-state index < -0.39 is 17.5 Å². The standard InChI is InChI=1S/C20H22F3N3O/c21-15-6-7-16(18(23)14-15)20(27)24-8-3-9-25-10-12-26(13-11-25)19-5-2-1-4-17(19)22/h1-2,4-7,14H,3,8-13H2,(H,24,27). The van der Waals surface area contributed by atoms with Crippen LogP contribution in [0.2, 0.25) is 0 Å². The Hall–Kier alpha value is -2.54. The molecule has 1 fully saturated rings. The summed E-state index contributed by atoms with van der Waals surface area (Å²) in [6.45, 7) is 4.31. The molecule has 27 heavy (non-hydrogen) atoms. The predicted octanol–water partition coefficient (Wildman–Crippen LogP) is 3.05. The summed E-state index contributed by atoms with van der Waals surface area (Å²) in [5, 5.41) is 2.65. The van der Waals surface area contributed by atoms with Gasteiger partial charge in [0.2, 0.25) is 0 Å². The maximum absolute atomic E-state index is 13.8. The lowest BCUT2D eigenvalue weighted by atomic mass is 10.2. The number of carbonyl (C=O) groups excluding carboxylic acids is 1. The minimum Gasteiger partial charge on any atom is -0.367 e. The molecule has 144 valence electrons. The third-order valence-corrected chi connectivity index (χ3v) is 4.68. The molecule has 7 heteroatoms. The quantitative estimate of drug-likeness (QED) is 0.786. The zero-order chi connectivity index (χ0) is 19.2. The van der Waals surface area contributed by atoms with Crippen LogP contribution < -0.4 is 10.2 Å². The van der Waals surface area contributed by atoms with Crippen LogP contribution >= 0.6 is 0 Å². The molecule has 1 heterocycles. The topological polar surface area (TPSA) is 35.6 Å². The predicted molar refractivity (Wildman–Crippen MR) is 98.4 cm³/mol. The van der Waals surface area contributed by atoms with Gasteiger partial charge in [-0.1, -0.05) is 12.1 Å². The van der Waals surface area contributed by atoms with Gasteiger partial charge in [0.15, 0.2) is 0 Å². The molecule has 0 unspecified atom stereocenters. The van der Waals surface area contributed by atoms with Crippen molar-refractivity contribution in [1.29, 1.82) is 0 Å². The molecule has 1 saturated heterocycles. The molecular weight excluding hydrogens is 355 g/mol. The van der Waals surface area contributed by atoms with E-state index in [1.54, 1.807) is 12.1 Å². The number of piperazine rings is 1. The molecule has 0 aromatic heterocycles. The highest BCUT2D eigenvalue weighted by atomic mass is 19.1. The van der Waals surface area contributed by atoms with Crippen LogP contribution in [-0.2, 0) is 0 Å². The minimum absolute atomic E-state index is 0.157. The molecule has 0 bridgehead atoms. The number of para-hydroxylation sites is 1. The molecule has 1 amide bonds. The Morgan fingerprint density at radius 2 is 1.70 bits per heavy atom. The van der Waals surface area contributed by atoms with Crippen LogP contribution in [0.3, 0.4) is 0 Å². The highest BCUT2D eigenvalue weighted by Crippen LogP contribution is 2.20. The van der Waals surface area contributed by atoms with Gasteiger partial charge < -0.3 is 10.2 Å². The fourth-order valence-electron chi connectivity index (χ4n) is 3.19. The highest BCUT2D eigenvalue weighted by molar-refractivity contribution is 5.94. The summed E-state index contributed by atoms with van der Waals surface area (Å²) in [7, 11) is 0. The summed E-state index contributed by atoms with van der Waals surface area (Å²) in [6.07, 6.45) is 0.717. The third-order valence-electron chi connectivity index (χ3n) is 4.68. The highest BCUT2D eigenvalue weighted by Gasteiger charge is 2.19. The molecule has 4 nitrogen and oxygen atoms in total. The lowest BCUT2D eigenvalue weighted by Crippen LogP contribution is -2.47. The van der Waals surface area contributed by atoms with E-state index >= 15 is 0 Å². The second-order valence-corrected chi connectivity index (χ2v) is 6.51. The number of rotatable bonds is 6. The largest absolute Gasteiger partial charge is 0.367 e. The normalized spacial score (nSPS) is 15.0. The minimum atomic E-state index is -0.864. The first-order chi connectivity index (χ1) is 13.0. The Morgan fingerprint density at radius 1 is 0.963 bits per heavy atom. The molecule has 3 rings (SSSR count). The summed E-state index contributed by atoms with van der Waals surface area (Å²) in [5.41, 5.74) is 0.473. The van der Waals surface area contributed by atoms with Crippen LogP contribution in [0.1, 0.15) is 16.8 Å². The number of nitrogens with zero attached hydrogens (tertiary/aromatic N) is 2. The van der Waals surface area contributed by atoms with E-state index in [1.807, 2.05) is 11.0 Å². The number of amides is 1. The van der Waals surface area contributed by atoms with Crippen molar-refractivity contribution in [2.24, 2.45) is 0 Å². The van der Waals surface area contributed by atoms with Gasteiger partial charge in [-0.25, -0.2) is 13.2 Å². The average molecular weight is 377 g/mol. The van der Waals surface area contributed by atoms with Gasteiger partial charge in [-0.2, -0.15) is 0 Å². The molecule has 0 atom stereocenters. The van der Waals surface area contributed by atoms with Crippen molar-refractivity contribution in [2.45, 2.75) is 6.42 Å². The van der Waals surface area contributed by atoms with E-state index in [4.69, 9.17) is 0 Å². The van der Waals surface area contributed by atoms with Gasteiger partial charge in [-0.3, -0.25) is 9.69 Å². The van der Waals surface area contributed by atoms with Gasteiger partial charge in [-0.05, 0) is 37.2 Å². The molecule has 1 aliphatic rings. The van der Waals surface area contributed by atoms with E-state index in [-0.39, 0.29) is 11.4 Å². The molecule has 1 aliphatic heterocycles. The Morgan fingerprint density at radius 3 is 2.41 bits per heavy atom. The van der Waals surface area contributed by atoms with Crippen molar-refractivity contribution in [2.75, 3.05) is 44.2 Å². The van der Waals surface area contributed by atoms with E-state index in [0.717, 1.165) is 44.9 Å². The lowest BCUT2D eigenvalue weighted by molar-refractivity contribution is 0.0947. The molecule has 1 N–H and O–H groups in total. The summed E-state index contributed by atoms with van der Waals surface area (Å²) in [5.74, 6) is -2.33. The Kier molecular flexibility index (Phi) is 6.34. The fourth-order valence-corrected chi connectivity index (χ4v) is 3.19. The van der Waals surface area contributed by atoms with Gasteiger partial charge in [-0.15, -0.1) is 0 Å². The summed E-state index contributed by atoms with van der Waals surface area (Å²) < 4.78 is 40.3. The van der Waals surface area contributed by atoms with E-state index in [9.17, 15) is 18.0 Å². The number of halogens is 3. The fraction of sp³-hybridized carbons (Fsp3) is 0.350. The van der Waals surface area contributed by atoms with Crippen LogP contribution in [-0.4, -0.2) is 50.1 Å². The first-order valence-corrected chi connectivity index (χ1v) is 8.99. The van der Waals surface area contributed by atoms with Crippen molar-refractivity contribution < 1.29 is 18.0 Å². The number of anilines is 1. The second-order valence-electron chi connectivity index (χ2n) is 6.51. The Labute approximate surface area is 156 Å². The molecule has 2 aromatic rings. The second kappa shape index (κ2) is 8.90. The zero-order valence-electron chi connectivity index (χ0n) is 14.9. The van der Waals surface area contributed by atoms with Gasteiger partial charge in [0, 0.05) is 38.8 Å². The Bertz CT molecular complexity index is 792. The van der Waals surface area contributed by atoms with Crippen LogP contribution in [0.25, 0.3) is 0 Å². The van der Waals surface area contributed by atoms with Crippen molar-refractivity contribution in [3.05, 3.63) is 65.5 Å². The van der Waals surface area contributed by atoms with Crippen molar-refractivity contribution >= 4 is 11.6 Å².